The van der Waals surface area contributed by atoms with Crippen LogP contribution in [0.1, 0.15) is 89.8 Å². The van der Waals surface area contributed by atoms with E-state index in [-0.39, 0.29) is 29.3 Å². The van der Waals surface area contributed by atoms with E-state index in [4.69, 9.17) is 18.9 Å². The monoisotopic (exact) mass is 680 g/mol. The summed E-state index contributed by atoms with van der Waals surface area (Å²) in [5.41, 5.74) is 2.98. The van der Waals surface area contributed by atoms with E-state index in [0.717, 1.165) is 36.0 Å². The molecule has 0 radical (unpaired) electrons. The van der Waals surface area contributed by atoms with Gasteiger partial charge in [0.1, 0.15) is 5.60 Å². The van der Waals surface area contributed by atoms with E-state index in [1.807, 2.05) is 37.8 Å². The van der Waals surface area contributed by atoms with Gasteiger partial charge in [0.25, 0.3) is 0 Å². The normalized spacial score (nSPS) is 16.0. The standard InChI is InChI=1S/C37H52N4O8/c1-23(42)39-28-14-12-24-21-31(46-5)34(47-6)35(48-7)33(24)26-13-15-29(30(43)22-27(26)28)38-18-10-8-9-11-32(44)41-19-16-25(17-20-41)40-36(45)49-37(2,3)4/h13,15,21-22,25,28H,8-12,14,16-20H2,1-7H3,(H,38,43)(H,39,42)(H,40,45). The van der Waals surface area contributed by atoms with Gasteiger partial charge in [-0.3, -0.25) is 14.4 Å². The number of hydrogen-bond acceptors (Lipinski definition) is 9. The molecule has 12 heteroatoms. The number of amides is 3. The molecule has 1 heterocycles. The van der Waals surface area contributed by atoms with Crippen LogP contribution in [0.15, 0.2) is 29.1 Å². The second kappa shape index (κ2) is 16.8. The number of alkyl carbamates (subject to hydrolysis) is 1. The summed E-state index contributed by atoms with van der Waals surface area (Å²) in [6.07, 6.45) is 5.03. The van der Waals surface area contributed by atoms with Crippen molar-refractivity contribution in [1.29, 1.82) is 0 Å². The summed E-state index contributed by atoms with van der Waals surface area (Å²) < 4.78 is 22.5. The number of unbranched alkanes of at least 4 members (excludes halogenated alkanes) is 2. The number of ether oxygens (including phenoxy) is 4. The molecule has 1 atom stereocenters. The molecule has 49 heavy (non-hydrogen) atoms. The number of aryl methyl sites for hydroxylation is 1. The lowest BCUT2D eigenvalue weighted by Gasteiger charge is -2.33. The zero-order chi connectivity index (χ0) is 35.7. The molecule has 1 aliphatic carbocycles. The highest BCUT2D eigenvalue weighted by Gasteiger charge is 2.30. The van der Waals surface area contributed by atoms with Crippen molar-refractivity contribution in [1.82, 2.24) is 15.5 Å². The molecule has 0 aromatic heterocycles. The van der Waals surface area contributed by atoms with Crippen LogP contribution in [-0.2, 0) is 20.7 Å². The number of fused-ring (bicyclic) bond motifs is 3. The molecule has 3 amide bonds. The number of hydrogen-bond donors (Lipinski definition) is 3. The molecule has 2 aliphatic rings. The fourth-order valence-corrected chi connectivity index (χ4v) is 6.56. The minimum atomic E-state index is -0.546. The van der Waals surface area contributed by atoms with Crippen molar-refractivity contribution in [2.75, 3.05) is 46.3 Å². The molecule has 0 saturated carbocycles. The molecule has 4 rings (SSSR count). The molecule has 12 nitrogen and oxygen atoms in total. The van der Waals surface area contributed by atoms with Gasteiger partial charge in [-0.25, -0.2) is 4.79 Å². The third-order valence-corrected chi connectivity index (χ3v) is 8.87. The smallest absolute Gasteiger partial charge is 0.407 e. The first-order valence-corrected chi connectivity index (χ1v) is 17.1. The summed E-state index contributed by atoms with van der Waals surface area (Å²) in [7, 11) is 4.70. The van der Waals surface area contributed by atoms with Crippen molar-refractivity contribution >= 4 is 23.6 Å². The number of methoxy groups -OCH3 is 3. The Morgan fingerprint density at radius 2 is 1.61 bits per heavy atom. The number of carbonyl (C=O) groups is 3. The fraction of sp³-hybridized carbons (Fsp3) is 0.568. The van der Waals surface area contributed by atoms with Crippen molar-refractivity contribution in [2.45, 2.75) is 96.7 Å². The van der Waals surface area contributed by atoms with Crippen LogP contribution in [0.4, 0.5) is 10.5 Å². The average molecular weight is 681 g/mol. The highest BCUT2D eigenvalue weighted by atomic mass is 16.6. The zero-order valence-corrected chi connectivity index (χ0v) is 30.0. The maximum Gasteiger partial charge on any atom is 0.407 e. The summed E-state index contributed by atoms with van der Waals surface area (Å²) in [5, 5.41) is 9.23. The van der Waals surface area contributed by atoms with Gasteiger partial charge in [-0.2, -0.15) is 0 Å². The Morgan fingerprint density at radius 1 is 0.898 bits per heavy atom. The number of anilines is 1. The Balaban J connectivity index is 1.36. The molecule has 2 aromatic rings. The molecule has 1 saturated heterocycles. The molecular weight excluding hydrogens is 628 g/mol. The van der Waals surface area contributed by atoms with Gasteiger partial charge in [0.15, 0.2) is 11.5 Å². The van der Waals surface area contributed by atoms with E-state index >= 15 is 0 Å². The summed E-state index contributed by atoms with van der Waals surface area (Å²) in [6.45, 7) is 8.76. The SMILES string of the molecule is COc1cc2c(c(OC)c1OC)-c1ccc(NCCCCCC(=O)N3CCC(NC(=O)OC(C)(C)C)CC3)c(=O)cc1C(NC(C)=O)CC2. The third kappa shape index (κ3) is 9.79. The number of benzene rings is 1. The lowest BCUT2D eigenvalue weighted by atomic mass is 9.95. The van der Waals surface area contributed by atoms with Crippen LogP contribution < -0.4 is 35.6 Å². The van der Waals surface area contributed by atoms with Crippen LogP contribution in [0.5, 0.6) is 17.2 Å². The van der Waals surface area contributed by atoms with E-state index in [1.165, 1.54) is 6.92 Å². The number of carbonyl (C=O) groups excluding carboxylic acids is 3. The number of piperidine rings is 1. The fourth-order valence-electron chi connectivity index (χ4n) is 6.56. The van der Waals surface area contributed by atoms with Crippen molar-refractivity contribution in [3.63, 3.8) is 0 Å². The van der Waals surface area contributed by atoms with Crippen molar-refractivity contribution in [3.05, 3.63) is 45.6 Å². The van der Waals surface area contributed by atoms with E-state index in [2.05, 4.69) is 16.0 Å². The van der Waals surface area contributed by atoms with Gasteiger partial charge in [0.2, 0.25) is 23.0 Å². The largest absolute Gasteiger partial charge is 0.493 e. The number of likely N-dealkylation sites (tertiary alicyclic amines) is 1. The van der Waals surface area contributed by atoms with Crippen LogP contribution >= 0.6 is 0 Å². The summed E-state index contributed by atoms with van der Waals surface area (Å²) in [4.78, 5) is 52.5. The van der Waals surface area contributed by atoms with E-state index in [0.29, 0.717) is 80.2 Å². The predicted octanol–water partition coefficient (Wildman–Crippen LogP) is 5.35. The highest BCUT2D eigenvalue weighted by molar-refractivity contribution is 5.84. The van der Waals surface area contributed by atoms with Crippen LogP contribution in [0.25, 0.3) is 11.1 Å². The summed E-state index contributed by atoms with van der Waals surface area (Å²) >= 11 is 0. The third-order valence-electron chi connectivity index (χ3n) is 8.87. The Bertz CT molecular complexity index is 1560. The first-order valence-electron chi connectivity index (χ1n) is 17.1. The van der Waals surface area contributed by atoms with Gasteiger partial charge in [-0.15, -0.1) is 0 Å². The quantitative estimate of drug-likeness (QED) is 0.253. The van der Waals surface area contributed by atoms with Gasteiger partial charge in [0.05, 0.1) is 33.1 Å². The van der Waals surface area contributed by atoms with Crippen molar-refractivity contribution in [3.8, 4) is 28.4 Å². The Morgan fingerprint density at radius 3 is 2.24 bits per heavy atom. The van der Waals surface area contributed by atoms with Crippen molar-refractivity contribution < 1.29 is 33.3 Å². The second-order valence-corrected chi connectivity index (χ2v) is 13.6. The Kier molecular flexibility index (Phi) is 12.8. The topological polar surface area (TPSA) is 145 Å². The summed E-state index contributed by atoms with van der Waals surface area (Å²) in [5.74, 6) is 1.45. The van der Waals surface area contributed by atoms with E-state index in [9.17, 15) is 19.2 Å². The van der Waals surface area contributed by atoms with Gasteiger partial charge in [-0.05, 0) is 94.2 Å². The Labute approximate surface area is 289 Å². The molecule has 0 spiro atoms. The van der Waals surface area contributed by atoms with E-state index in [1.54, 1.807) is 33.5 Å². The predicted molar refractivity (Wildman–Crippen MR) is 189 cm³/mol. The van der Waals surface area contributed by atoms with Gasteiger partial charge in [0, 0.05) is 44.6 Å². The lowest BCUT2D eigenvalue weighted by Crippen LogP contribution is -2.47. The van der Waals surface area contributed by atoms with Crippen LogP contribution in [0, 0.1) is 0 Å². The maximum atomic E-state index is 13.5. The molecule has 1 fully saturated rings. The molecule has 268 valence electrons. The number of rotatable bonds is 12. The lowest BCUT2D eigenvalue weighted by molar-refractivity contribution is -0.132. The number of nitrogens with one attached hydrogen (secondary N) is 3. The molecule has 2 aromatic carbocycles. The summed E-state index contributed by atoms with van der Waals surface area (Å²) in [6, 6.07) is 6.84. The average Bonchev–Trinajstić information content (AvgIpc) is 3.29. The zero-order valence-electron chi connectivity index (χ0n) is 30.0. The van der Waals surface area contributed by atoms with Gasteiger partial charge >= 0.3 is 6.09 Å². The van der Waals surface area contributed by atoms with Crippen LogP contribution in [-0.4, -0.2) is 75.4 Å². The highest BCUT2D eigenvalue weighted by Crippen LogP contribution is 2.50. The van der Waals surface area contributed by atoms with Crippen LogP contribution in [0.3, 0.4) is 0 Å². The van der Waals surface area contributed by atoms with Gasteiger partial charge in [-0.1, -0.05) is 12.5 Å². The van der Waals surface area contributed by atoms with E-state index < -0.39 is 11.7 Å². The second-order valence-electron chi connectivity index (χ2n) is 13.6. The van der Waals surface area contributed by atoms with Gasteiger partial charge < -0.3 is 39.8 Å². The minimum absolute atomic E-state index is 0.00469. The first kappa shape index (κ1) is 37.3. The molecule has 1 unspecified atom stereocenters. The van der Waals surface area contributed by atoms with Crippen LogP contribution in [0.2, 0.25) is 0 Å². The maximum absolute atomic E-state index is 13.5. The molecule has 0 bridgehead atoms. The molecular formula is C37H52N4O8. The molecule has 1 aliphatic heterocycles. The minimum Gasteiger partial charge on any atom is -0.493 e. The Hall–Kier alpha value is -4.48. The van der Waals surface area contributed by atoms with Crippen molar-refractivity contribution in [2.24, 2.45) is 0 Å². The number of nitrogens with zero attached hydrogens (tertiary/aromatic N) is 1. The molecule has 3 N–H and O–H groups in total. The first-order chi connectivity index (χ1) is 23.3.